The zero-order valence-electron chi connectivity index (χ0n) is 69.3. The highest BCUT2D eigenvalue weighted by atomic mass is 79.9. The predicted octanol–water partition coefficient (Wildman–Crippen LogP) is 15.8. The smallest absolute Gasteiger partial charge is 0.330 e. The van der Waals surface area contributed by atoms with E-state index in [-0.39, 0.29) is 56.4 Å². The van der Waals surface area contributed by atoms with Crippen molar-refractivity contribution >= 4 is 206 Å². The van der Waals surface area contributed by atoms with Crippen molar-refractivity contribution in [2.75, 3.05) is 85.2 Å². The van der Waals surface area contributed by atoms with Crippen molar-refractivity contribution in [3.63, 3.8) is 0 Å². The van der Waals surface area contributed by atoms with Crippen LogP contribution in [-0.2, 0) is 72.0 Å². The molecule has 11 heterocycles. The van der Waals surface area contributed by atoms with Crippen molar-refractivity contribution in [3.05, 3.63) is 112 Å². The zero-order chi connectivity index (χ0) is 88.7. The van der Waals surface area contributed by atoms with E-state index in [0.717, 1.165) is 121 Å². The molecule has 45 heteroatoms. The molecule has 7 aromatic heterocycles. The van der Waals surface area contributed by atoms with E-state index >= 15 is 0 Å². The molecule has 4 atom stereocenters. The monoisotopic (exact) mass is 2020 g/mol. The van der Waals surface area contributed by atoms with Crippen molar-refractivity contribution in [2.24, 2.45) is 23.7 Å². The number of anilines is 2. The fourth-order valence-corrected chi connectivity index (χ4v) is 22.8. The van der Waals surface area contributed by atoms with Crippen LogP contribution in [-0.4, -0.2) is 240 Å². The molecule has 5 N–H and O–H groups in total. The summed E-state index contributed by atoms with van der Waals surface area (Å²) in [5.41, 5.74) is 9.84. The Bertz CT molecular complexity index is 4510. The zero-order valence-corrected chi connectivity index (χ0v) is 80.5. The highest BCUT2D eigenvalue weighted by Gasteiger charge is 2.41. The Labute approximate surface area is 784 Å². The number of carbonyl (C=O) groups is 4. The van der Waals surface area contributed by atoms with E-state index in [1.165, 1.54) is 147 Å². The molecular formula is C79H112B4Br2Cl2N14O15S8. The van der Waals surface area contributed by atoms with Crippen LogP contribution in [0.15, 0.2) is 123 Å². The van der Waals surface area contributed by atoms with Crippen LogP contribution < -0.4 is 11.1 Å². The molecule has 0 bridgehead atoms. The molecule has 10 aliphatic rings. The molecule has 4 unspecified atom stereocenters. The molecule has 6 aliphatic carbocycles. The number of hydrogen-bond donors (Lipinski definition) is 4. The number of aromatic nitrogens is 12. The Morgan fingerprint density at radius 1 is 0.548 bits per heavy atom. The Kier molecular flexibility index (Phi) is 48.6. The van der Waals surface area contributed by atoms with E-state index in [2.05, 4.69) is 157 Å². The second kappa shape index (κ2) is 56.7. The van der Waals surface area contributed by atoms with Gasteiger partial charge in [-0.25, -0.2) is 36.4 Å². The molecule has 6 radical (unpaired) electrons. The molecule has 6 saturated carbocycles. The molecule has 676 valence electrons. The van der Waals surface area contributed by atoms with E-state index in [9.17, 15) is 36.0 Å². The summed E-state index contributed by atoms with van der Waals surface area (Å²) in [5.74, 6) is 0.700. The SMILES string of the molecule is Brc1cn[nH]c1.C.C1CC1SSC1CC1.C=C=C=C.COC(=O)C(Br)CC1CCOCC1.COC(=O)C(CC1CCOCC1)n1cc(S(=O)(=O)C2CC2)cn1.COC(=O)C(CC1CCOCC1)n1cc(SC2CC2)cn1.Nc1ncc(Cl)s1.O=C(Nc1ncc(Cl)s1)C(CC1CCOCC1)n1cc(S(=O)(=O)C2CC2)cn1.[B]B([B])[B].c1n[nH]cc1SC1CC1. The second-order valence-electron chi connectivity index (χ2n) is 30.2. The molecule has 0 aromatic carbocycles. The number of nitrogens with zero attached hydrogens (tertiary/aromatic N) is 10. The van der Waals surface area contributed by atoms with Gasteiger partial charge in [-0.05, 0) is 207 Å². The first-order valence-corrected chi connectivity index (χ1v) is 52.1. The van der Waals surface area contributed by atoms with Crippen LogP contribution >= 0.6 is 123 Å². The lowest BCUT2D eigenvalue weighted by molar-refractivity contribution is -0.146. The van der Waals surface area contributed by atoms with Crippen LogP contribution in [0.25, 0.3) is 0 Å². The van der Waals surface area contributed by atoms with Gasteiger partial charge in [0.15, 0.2) is 29.9 Å². The lowest BCUT2D eigenvalue weighted by Gasteiger charge is -2.26. The van der Waals surface area contributed by atoms with Gasteiger partial charge in [-0.1, -0.05) is 102 Å². The van der Waals surface area contributed by atoms with Crippen LogP contribution in [0.4, 0.5) is 10.3 Å². The van der Waals surface area contributed by atoms with Crippen molar-refractivity contribution < 1.29 is 69.2 Å². The number of ether oxygens (including phenoxy) is 7. The van der Waals surface area contributed by atoms with Gasteiger partial charge in [-0.15, -0.1) is 23.5 Å². The average molecular weight is 2030 g/mol. The molecular weight excluding hydrogens is 1920 g/mol. The summed E-state index contributed by atoms with van der Waals surface area (Å²) < 4.78 is 92.2. The molecule has 124 heavy (non-hydrogen) atoms. The minimum absolute atomic E-state index is 0. The van der Waals surface area contributed by atoms with E-state index in [1.54, 1.807) is 17.1 Å². The average Bonchev–Trinajstić information content (AvgIpc) is 1.64. The quantitative estimate of drug-likeness (QED) is 0.00927. The van der Waals surface area contributed by atoms with Gasteiger partial charge in [0.25, 0.3) is 5.91 Å². The number of rotatable bonds is 27. The van der Waals surface area contributed by atoms with Gasteiger partial charge in [-0.2, -0.15) is 25.5 Å². The number of thiazole rings is 2. The van der Waals surface area contributed by atoms with Crippen LogP contribution in [0.3, 0.4) is 0 Å². The number of halogens is 4. The van der Waals surface area contributed by atoms with Gasteiger partial charge < -0.3 is 44.2 Å². The Balaban J connectivity index is 0.000000201. The summed E-state index contributed by atoms with van der Waals surface area (Å²) in [6.45, 7) is 12.3. The summed E-state index contributed by atoms with van der Waals surface area (Å²) in [7, 11) is 15.8. The molecule has 0 spiro atoms. The largest absolute Gasteiger partial charge is 0.468 e. The third-order valence-electron chi connectivity index (χ3n) is 19.9. The first kappa shape index (κ1) is 106. The number of methoxy groups -OCH3 is 3. The predicted molar refractivity (Wildman–Crippen MR) is 505 cm³/mol. The summed E-state index contributed by atoms with van der Waals surface area (Å²) >= 11 is 24.1. The first-order valence-electron chi connectivity index (χ1n) is 40.9. The Hall–Kier alpha value is -4.77. The number of nitrogens with one attached hydrogen (secondary N) is 3. The van der Waals surface area contributed by atoms with Crippen molar-refractivity contribution in [1.82, 2.24) is 59.7 Å². The third-order valence-corrected chi connectivity index (χ3v) is 33.6. The van der Waals surface area contributed by atoms with Gasteiger partial charge in [0.2, 0.25) is 0 Å². The number of aromatic amines is 2. The molecule has 4 aliphatic heterocycles. The Morgan fingerprint density at radius 3 is 1.26 bits per heavy atom. The fraction of sp³-hybridized carbons (Fsp3) is 0.633. The first-order chi connectivity index (χ1) is 59.2. The molecule has 7 aromatic rings. The Morgan fingerprint density at radius 2 is 0.927 bits per heavy atom. The summed E-state index contributed by atoms with van der Waals surface area (Å²) in [5, 5.41) is 32.5. The standard InChI is InChI=1S/C17H21ClN4O4S2.C15H22N2O5S.C15H22N2O3S.C9H15BrO3.C6H8N2S.C6H10S2.C4H4.C3H3BrN2.C3H3ClN2S.CH4.B4/c18-15-9-19-17(27-15)21-16(23)14(7-11-3-5-26-6-4-11)22-10-13(8-20-22)28(24,25)12-1-2-12;1-21-15(18)14(8-11-4-6-22-7-5-11)17-10-13(9-16-17)23(19,20)12-2-3-12;1-19-15(18)14(8-11-4-6-20-7-5-11)17-10-13(9-16-17)21-12-2-3-12;1-12-9(11)8(10)6-7-2-4-13-5-3-7;1-2-5(1)9-6-3-7-8-4-6;1-2-5(1)7-8-6-3-4-6;1-3-4-2;4-3-1-5-6-2-3;4-2-1-6-3(5)7-2;;1-4(2)3/h8-12,14H,1-7H2,(H,19,21,23);9-12,14H,2-8H2,1H3;9-12,14H,2-8H2,1H3;7-8H,2-6H2,1H3;3-5H,1-2H2,(H,7,8);5-6H,1-4H2;1-2H2;1-2H,(H,5,6);1H,(H2,5,6);1H4;. The minimum atomic E-state index is -3.36. The van der Waals surface area contributed by atoms with Gasteiger partial charge in [0.05, 0.1) is 79.7 Å². The third kappa shape index (κ3) is 41.1. The van der Waals surface area contributed by atoms with Crippen LogP contribution in [0.1, 0.15) is 180 Å². The van der Waals surface area contributed by atoms with Gasteiger partial charge in [0.1, 0.15) is 41.4 Å². The lowest BCUT2D eigenvalue weighted by Crippen LogP contribution is -2.30. The topological polar surface area (TPSA) is 376 Å². The van der Waals surface area contributed by atoms with Crippen LogP contribution in [0.2, 0.25) is 8.67 Å². The van der Waals surface area contributed by atoms with Gasteiger partial charge in [-0.3, -0.25) is 33.8 Å². The normalized spacial score (nSPS) is 18.5. The minimum Gasteiger partial charge on any atom is -0.468 e. The number of hydrogen-bond acceptors (Lipinski definition) is 29. The number of nitrogens with two attached hydrogens (primary N) is 1. The molecule has 17 rings (SSSR count). The van der Waals surface area contributed by atoms with Gasteiger partial charge >= 0.3 is 17.9 Å². The highest BCUT2D eigenvalue weighted by molar-refractivity contribution is 9.10. The lowest BCUT2D eigenvalue weighted by atomic mass is 9.08. The number of carbonyl (C=O) groups excluding carboxylic acids is 4. The fourth-order valence-electron chi connectivity index (χ4n) is 12.1. The van der Waals surface area contributed by atoms with Crippen LogP contribution in [0.5, 0.6) is 0 Å². The van der Waals surface area contributed by atoms with Crippen molar-refractivity contribution in [2.45, 2.75) is 236 Å². The van der Waals surface area contributed by atoms with Crippen LogP contribution in [0, 0.1) is 23.7 Å². The number of sulfone groups is 2. The van der Waals surface area contributed by atoms with E-state index in [4.69, 9.17) is 57.4 Å². The van der Waals surface area contributed by atoms with Crippen molar-refractivity contribution in [3.8, 4) is 0 Å². The number of nitrogen functional groups attached to an aromatic ring is 1. The number of alkyl halides is 1. The summed E-state index contributed by atoms with van der Waals surface area (Å²) in [6.07, 6.45) is 43.6. The molecule has 1 amide bonds. The summed E-state index contributed by atoms with van der Waals surface area (Å²) in [6, 6.07) is -1.54. The van der Waals surface area contributed by atoms with E-state index in [1.807, 2.05) is 48.3 Å². The number of amides is 1. The number of H-pyrrole nitrogens is 2. The van der Waals surface area contributed by atoms with Gasteiger partial charge in [0, 0.05) is 144 Å². The van der Waals surface area contributed by atoms with E-state index in [0.29, 0.717) is 108 Å². The molecule has 29 nitrogen and oxygen atoms in total. The summed E-state index contributed by atoms with van der Waals surface area (Å²) in [4.78, 5) is 58.7. The highest BCUT2D eigenvalue weighted by Crippen LogP contribution is 2.50. The molecule has 10 fully saturated rings. The maximum Gasteiger partial charge on any atom is 0.330 e. The number of esters is 3. The van der Waals surface area contributed by atoms with Crippen molar-refractivity contribution in [1.29, 1.82) is 0 Å². The van der Waals surface area contributed by atoms with E-state index < -0.39 is 44.1 Å². The number of thioether (sulfide) groups is 2. The second-order valence-corrected chi connectivity index (χ2v) is 45.6. The maximum atomic E-state index is 13.0. The molecule has 4 saturated heterocycles. The maximum absolute atomic E-state index is 13.0.